The van der Waals surface area contributed by atoms with Crippen LogP contribution in [0.4, 0.5) is 0 Å². The van der Waals surface area contributed by atoms with Crippen LogP contribution in [0.25, 0.3) is 10.8 Å². The summed E-state index contributed by atoms with van der Waals surface area (Å²) < 4.78 is 5.53. The minimum atomic E-state index is 0.443. The van der Waals surface area contributed by atoms with Crippen LogP contribution in [0.5, 0.6) is 0 Å². The molecule has 0 fully saturated rings. The van der Waals surface area contributed by atoms with Gasteiger partial charge in [-0.05, 0) is 31.0 Å². The second-order valence-electron chi connectivity index (χ2n) is 4.70. The molecule has 98 valence electrons. The lowest BCUT2D eigenvalue weighted by molar-refractivity contribution is 0.580. The number of nitrogens with one attached hydrogen (secondary N) is 1. The van der Waals surface area contributed by atoms with Crippen molar-refractivity contribution in [1.82, 2.24) is 10.3 Å². The van der Waals surface area contributed by atoms with Crippen molar-refractivity contribution >= 4 is 11.3 Å². The highest BCUT2D eigenvalue weighted by atomic mass is 32.1. The van der Waals surface area contributed by atoms with E-state index in [2.05, 4.69) is 33.0 Å². The van der Waals surface area contributed by atoms with Gasteiger partial charge < -0.3 is 9.73 Å². The highest BCUT2D eigenvalue weighted by molar-refractivity contribution is 7.15. The topological polar surface area (TPSA) is 38.1 Å². The van der Waals surface area contributed by atoms with Crippen LogP contribution in [0, 0.1) is 6.92 Å². The molecule has 0 saturated carbocycles. The highest BCUT2D eigenvalue weighted by Crippen LogP contribution is 2.33. The number of hydrogen-bond donors (Lipinski definition) is 1. The van der Waals surface area contributed by atoms with Gasteiger partial charge in [0.2, 0.25) is 0 Å². The van der Waals surface area contributed by atoms with E-state index in [9.17, 15) is 0 Å². The zero-order chi connectivity index (χ0) is 13.1. The van der Waals surface area contributed by atoms with Gasteiger partial charge in [-0.2, -0.15) is 0 Å². The molecule has 3 nitrogen and oxygen atoms in total. The monoisotopic (exact) mass is 264 g/mol. The number of furan rings is 1. The fourth-order valence-corrected chi connectivity index (χ4v) is 3.11. The first-order valence-corrected chi connectivity index (χ1v) is 7.19. The summed E-state index contributed by atoms with van der Waals surface area (Å²) in [6.07, 6.45) is 1.73. The van der Waals surface area contributed by atoms with Gasteiger partial charge in [0.15, 0.2) is 10.8 Å². The number of rotatable bonds is 5. The van der Waals surface area contributed by atoms with Crippen LogP contribution >= 0.6 is 11.3 Å². The lowest BCUT2D eigenvalue weighted by atomic mass is 10.1. The molecule has 2 aromatic rings. The third kappa shape index (κ3) is 2.65. The van der Waals surface area contributed by atoms with E-state index in [0.29, 0.717) is 5.92 Å². The third-order valence-corrected chi connectivity index (χ3v) is 3.94. The number of aryl methyl sites for hydroxylation is 1. The van der Waals surface area contributed by atoms with E-state index in [1.807, 2.05) is 6.07 Å². The van der Waals surface area contributed by atoms with Gasteiger partial charge in [-0.25, -0.2) is 4.98 Å². The van der Waals surface area contributed by atoms with Crippen molar-refractivity contribution in [3.63, 3.8) is 0 Å². The average molecular weight is 264 g/mol. The molecule has 0 unspecified atom stereocenters. The molecule has 2 heterocycles. The summed E-state index contributed by atoms with van der Waals surface area (Å²) in [7, 11) is 0. The third-order valence-electron chi connectivity index (χ3n) is 2.87. The van der Waals surface area contributed by atoms with Crippen LogP contribution in [-0.2, 0) is 6.54 Å². The van der Waals surface area contributed by atoms with Gasteiger partial charge in [-0.15, -0.1) is 11.3 Å². The van der Waals surface area contributed by atoms with Crippen LogP contribution in [0.15, 0.2) is 16.7 Å². The molecule has 0 aliphatic rings. The normalized spacial score (nSPS) is 11.4. The van der Waals surface area contributed by atoms with Gasteiger partial charge in [-0.1, -0.05) is 20.8 Å². The molecule has 0 aliphatic carbocycles. The van der Waals surface area contributed by atoms with Gasteiger partial charge >= 0.3 is 0 Å². The second kappa shape index (κ2) is 5.67. The Kier molecular flexibility index (Phi) is 4.19. The van der Waals surface area contributed by atoms with E-state index in [0.717, 1.165) is 29.4 Å². The van der Waals surface area contributed by atoms with Crippen molar-refractivity contribution in [2.45, 2.75) is 40.2 Å². The Balaban J connectivity index is 2.36. The van der Waals surface area contributed by atoms with Gasteiger partial charge in [-0.3, -0.25) is 0 Å². The molecule has 2 aromatic heterocycles. The Labute approximate surface area is 112 Å². The summed E-state index contributed by atoms with van der Waals surface area (Å²) in [6.45, 7) is 10.4. The Morgan fingerprint density at radius 2 is 2.22 bits per heavy atom. The molecule has 2 rings (SSSR count). The van der Waals surface area contributed by atoms with Crippen LogP contribution in [-0.4, -0.2) is 11.5 Å². The zero-order valence-corrected chi connectivity index (χ0v) is 12.2. The van der Waals surface area contributed by atoms with E-state index in [1.54, 1.807) is 17.6 Å². The van der Waals surface area contributed by atoms with Crippen LogP contribution in [0.2, 0.25) is 0 Å². The zero-order valence-electron chi connectivity index (χ0n) is 11.4. The minimum Gasteiger partial charge on any atom is -0.462 e. The summed E-state index contributed by atoms with van der Waals surface area (Å²) in [5.41, 5.74) is 2.33. The maximum Gasteiger partial charge on any atom is 0.165 e. The molecule has 0 bridgehead atoms. The minimum absolute atomic E-state index is 0.443. The molecule has 0 atom stereocenters. The van der Waals surface area contributed by atoms with Gasteiger partial charge in [0, 0.05) is 11.4 Å². The molecule has 1 N–H and O–H groups in total. The van der Waals surface area contributed by atoms with Crippen molar-refractivity contribution in [3.05, 3.63) is 28.5 Å². The Bertz CT molecular complexity index is 514. The first-order valence-electron chi connectivity index (χ1n) is 6.38. The quantitative estimate of drug-likeness (QED) is 0.888. The summed E-state index contributed by atoms with van der Waals surface area (Å²) in [5.74, 6) is 1.35. The second-order valence-corrected chi connectivity index (χ2v) is 5.78. The highest BCUT2D eigenvalue weighted by Gasteiger charge is 2.17. The number of thiazole rings is 1. The molecule has 0 radical (unpaired) electrons. The smallest absolute Gasteiger partial charge is 0.165 e. The number of aromatic nitrogens is 1. The van der Waals surface area contributed by atoms with Crippen LogP contribution in [0.1, 0.15) is 42.8 Å². The first-order chi connectivity index (χ1) is 8.63. The molecular formula is C14H20N2OS. The summed E-state index contributed by atoms with van der Waals surface area (Å²) in [6, 6.07) is 1.98. The molecule has 0 amide bonds. The van der Waals surface area contributed by atoms with Crippen LogP contribution in [0.3, 0.4) is 0 Å². The average Bonchev–Trinajstić information content (AvgIpc) is 2.92. The largest absolute Gasteiger partial charge is 0.462 e. The predicted octanol–water partition coefficient (Wildman–Crippen LogP) is 3.94. The van der Waals surface area contributed by atoms with Gasteiger partial charge in [0.05, 0.1) is 12.0 Å². The Morgan fingerprint density at radius 3 is 2.78 bits per heavy atom. The summed E-state index contributed by atoms with van der Waals surface area (Å²) in [4.78, 5) is 6.07. The van der Waals surface area contributed by atoms with Crippen molar-refractivity contribution < 1.29 is 4.42 Å². The van der Waals surface area contributed by atoms with E-state index < -0.39 is 0 Å². The lowest BCUT2D eigenvalue weighted by Crippen LogP contribution is -2.12. The van der Waals surface area contributed by atoms with Crippen molar-refractivity contribution in [2.75, 3.05) is 6.54 Å². The first kappa shape index (κ1) is 13.3. The fraction of sp³-hybridized carbons (Fsp3) is 0.500. The Morgan fingerprint density at radius 1 is 1.44 bits per heavy atom. The fourth-order valence-electron chi connectivity index (χ4n) is 1.87. The number of nitrogens with zero attached hydrogens (tertiary/aromatic N) is 1. The molecule has 0 aliphatic heterocycles. The Hall–Kier alpha value is -1.13. The molecule has 0 spiro atoms. The standard InChI is InChI=1S/C14H20N2OS/c1-5-15-8-11-12(9(2)3)16-14(18-11)13-10(4)6-7-17-13/h6-7,9,15H,5,8H2,1-4H3. The maximum atomic E-state index is 5.53. The molecule has 0 saturated heterocycles. The van der Waals surface area contributed by atoms with Crippen LogP contribution < -0.4 is 5.32 Å². The van der Waals surface area contributed by atoms with E-state index >= 15 is 0 Å². The van der Waals surface area contributed by atoms with Crippen molar-refractivity contribution in [2.24, 2.45) is 0 Å². The summed E-state index contributed by atoms with van der Waals surface area (Å²) in [5, 5.41) is 4.37. The lowest BCUT2D eigenvalue weighted by Gasteiger charge is -2.04. The van der Waals surface area contributed by atoms with E-state index in [1.165, 1.54) is 10.6 Å². The van der Waals surface area contributed by atoms with Crippen molar-refractivity contribution in [3.8, 4) is 10.8 Å². The van der Waals surface area contributed by atoms with E-state index in [-0.39, 0.29) is 0 Å². The molecular weight excluding hydrogens is 244 g/mol. The maximum absolute atomic E-state index is 5.53. The van der Waals surface area contributed by atoms with Gasteiger partial charge in [0.25, 0.3) is 0 Å². The molecule has 0 aromatic carbocycles. The SMILES string of the molecule is CCNCc1sc(-c2occc2C)nc1C(C)C. The molecule has 18 heavy (non-hydrogen) atoms. The van der Waals surface area contributed by atoms with E-state index in [4.69, 9.17) is 9.40 Å². The number of hydrogen-bond acceptors (Lipinski definition) is 4. The molecule has 4 heteroatoms. The predicted molar refractivity (Wildman–Crippen MR) is 76.0 cm³/mol. The summed E-state index contributed by atoms with van der Waals surface area (Å²) >= 11 is 1.73. The van der Waals surface area contributed by atoms with Crippen molar-refractivity contribution in [1.29, 1.82) is 0 Å². The van der Waals surface area contributed by atoms with Gasteiger partial charge in [0.1, 0.15) is 0 Å².